The van der Waals surface area contributed by atoms with Crippen LogP contribution in [0.4, 0.5) is 4.39 Å². The summed E-state index contributed by atoms with van der Waals surface area (Å²) in [6, 6.07) is 3.59. The Morgan fingerprint density at radius 2 is 2.11 bits per heavy atom. The molecule has 5 nitrogen and oxygen atoms in total. The molecule has 0 radical (unpaired) electrons. The van der Waals surface area contributed by atoms with Crippen molar-refractivity contribution >= 4 is 31.9 Å². The molecule has 0 aliphatic carbocycles. The molecule has 1 aliphatic heterocycles. The summed E-state index contributed by atoms with van der Waals surface area (Å²) < 4.78 is 38.9. The van der Waals surface area contributed by atoms with Crippen molar-refractivity contribution in [3.05, 3.63) is 28.5 Å². The first kappa shape index (κ1) is 14.4. The third kappa shape index (κ3) is 2.96. The number of rotatable bonds is 4. The quantitative estimate of drug-likeness (QED) is 0.895. The van der Waals surface area contributed by atoms with Gasteiger partial charge in [-0.3, -0.25) is 4.79 Å². The zero-order valence-electron chi connectivity index (χ0n) is 9.71. The molecule has 1 saturated heterocycles. The molecule has 19 heavy (non-hydrogen) atoms. The van der Waals surface area contributed by atoms with Crippen molar-refractivity contribution in [1.82, 2.24) is 4.31 Å². The Labute approximate surface area is 118 Å². The summed E-state index contributed by atoms with van der Waals surface area (Å²) in [5.74, 6) is -1.77. The summed E-state index contributed by atoms with van der Waals surface area (Å²) in [5.41, 5.74) is 0. The van der Waals surface area contributed by atoms with Gasteiger partial charge in [-0.1, -0.05) is 0 Å². The highest BCUT2D eigenvalue weighted by Gasteiger charge is 2.37. The zero-order valence-corrected chi connectivity index (χ0v) is 12.1. The molecule has 1 aliphatic rings. The van der Waals surface area contributed by atoms with E-state index in [0.29, 0.717) is 0 Å². The smallest absolute Gasteiger partial charge is 0.303 e. The van der Waals surface area contributed by atoms with Crippen molar-refractivity contribution in [2.75, 3.05) is 13.1 Å². The molecule has 8 heteroatoms. The van der Waals surface area contributed by atoms with Crippen LogP contribution in [0.25, 0.3) is 0 Å². The molecule has 1 aromatic rings. The number of halogens is 2. The first-order chi connectivity index (χ1) is 8.80. The lowest BCUT2D eigenvalue weighted by molar-refractivity contribution is -0.139. The van der Waals surface area contributed by atoms with Crippen LogP contribution in [0, 0.1) is 11.7 Å². The van der Waals surface area contributed by atoms with Gasteiger partial charge in [0.05, 0.1) is 15.8 Å². The largest absolute Gasteiger partial charge is 0.481 e. The van der Waals surface area contributed by atoms with E-state index in [1.54, 1.807) is 0 Å². The number of aliphatic carboxylic acids is 1. The van der Waals surface area contributed by atoms with Crippen LogP contribution in [-0.4, -0.2) is 36.9 Å². The average molecular weight is 352 g/mol. The lowest BCUT2D eigenvalue weighted by Crippen LogP contribution is -2.50. The second-order valence-corrected chi connectivity index (χ2v) is 7.15. The number of carboxylic acid groups (broad SMARTS) is 1. The van der Waals surface area contributed by atoms with E-state index in [0.717, 1.165) is 10.4 Å². The summed E-state index contributed by atoms with van der Waals surface area (Å²) in [4.78, 5) is 10.4. The average Bonchev–Trinajstić information content (AvgIpc) is 2.26. The SMILES string of the molecule is O=C(O)CC1CN(S(=O)(=O)c2ccc(Br)c(F)c2)C1. The van der Waals surface area contributed by atoms with Crippen LogP contribution in [-0.2, 0) is 14.8 Å². The maximum atomic E-state index is 13.3. The normalized spacial score (nSPS) is 17.2. The van der Waals surface area contributed by atoms with Gasteiger partial charge in [0.1, 0.15) is 5.82 Å². The van der Waals surface area contributed by atoms with Crippen molar-refractivity contribution in [3.8, 4) is 0 Å². The number of sulfonamides is 1. The fraction of sp³-hybridized carbons (Fsp3) is 0.364. The van der Waals surface area contributed by atoms with Crippen molar-refractivity contribution in [3.63, 3.8) is 0 Å². The zero-order chi connectivity index (χ0) is 14.2. The van der Waals surface area contributed by atoms with Gasteiger partial charge in [0.25, 0.3) is 0 Å². The molecule has 1 N–H and O–H groups in total. The second kappa shape index (κ2) is 5.18. The van der Waals surface area contributed by atoms with Gasteiger partial charge in [-0.25, -0.2) is 12.8 Å². The van der Waals surface area contributed by atoms with E-state index in [-0.39, 0.29) is 34.8 Å². The Hall–Kier alpha value is -0.990. The molecule has 1 heterocycles. The molecule has 0 unspecified atom stereocenters. The fourth-order valence-corrected chi connectivity index (χ4v) is 3.73. The third-order valence-corrected chi connectivity index (χ3v) is 5.39. The van der Waals surface area contributed by atoms with E-state index < -0.39 is 21.8 Å². The first-order valence-corrected chi connectivity index (χ1v) is 7.71. The molecule has 1 fully saturated rings. The summed E-state index contributed by atoms with van der Waals surface area (Å²) >= 11 is 2.95. The van der Waals surface area contributed by atoms with Crippen LogP contribution in [0.3, 0.4) is 0 Å². The predicted octanol–water partition coefficient (Wildman–Crippen LogP) is 1.68. The number of carbonyl (C=O) groups is 1. The number of carboxylic acids is 1. The highest BCUT2D eigenvalue weighted by atomic mass is 79.9. The van der Waals surface area contributed by atoms with Crippen molar-refractivity contribution in [2.24, 2.45) is 5.92 Å². The maximum absolute atomic E-state index is 13.3. The van der Waals surface area contributed by atoms with Crippen molar-refractivity contribution in [2.45, 2.75) is 11.3 Å². The topological polar surface area (TPSA) is 74.7 Å². The van der Waals surface area contributed by atoms with Crippen molar-refractivity contribution < 1.29 is 22.7 Å². The number of nitrogens with zero attached hydrogens (tertiary/aromatic N) is 1. The minimum absolute atomic E-state index is 0.0548. The molecule has 0 bridgehead atoms. The van der Waals surface area contributed by atoms with E-state index in [4.69, 9.17) is 5.11 Å². The molecule has 1 aromatic carbocycles. The Bertz CT molecular complexity index is 613. The molecule has 0 amide bonds. The number of benzene rings is 1. The van der Waals surface area contributed by atoms with E-state index in [2.05, 4.69) is 15.9 Å². The van der Waals surface area contributed by atoms with E-state index >= 15 is 0 Å². The maximum Gasteiger partial charge on any atom is 0.303 e. The predicted molar refractivity (Wildman–Crippen MR) is 68.6 cm³/mol. The highest BCUT2D eigenvalue weighted by molar-refractivity contribution is 9.10. The van der Waals surface area contributed by atoms with Crippen LogP contribution in [0.15, 0.2) is 27.6 Å². The Balaban J connectivity index is 2.12. The van der Waals surface area contributed by atoms with Crippen LogP contribution in [0.5, 0.6) is 0 Å². The van der Waals surface area contributed by atoms with Crippen LogP contribution in [0.1, 0.15) is 6.42 Å². The van der Waals surface area contributed by atoms with E-state index in [1.165, 1.54) is 12.1 Å². The van der Waals surface area contributed by atoms with Gasteiger partial charge < -0.3 is 5.11 Å². The summed E-state index contributed by atoms with van der Waals surface area (Å²) in [5, 5.41) is 8.60. The molecule has 0 spiro atoms. The third-order valence-electron chi connectivity index (χ3n) is 2.92. The van der Waals surface area contributed by atoms with Crippen molar-refractivity contribution in [1.29, 1.82) is 0 Å². The lowest BCUT2D eigenvalue weighted by atomic mass is 10.00. The molecular weight excluding hydrogens is 341 g/mol. The highest BCUT2D eigenvalue weighted by Crippen LogP contribution is 2.28. The van der Waals surface area contributed by atoms with Crippen LogP contribution >= 0.6 is 15.9 Å². The molecule has 104 valence electrons. The Morgan fingerprint density at radius 3 is 2.63 bits per heavy atom. The van der Waals surface area contributed by atoms with Gasteiger partial charge in [0.2, 0.25) is 10.0 Å². The van der Waals surface area contributed by atoms with Gasteiger partial charge in [0.15, 0.2) is 0 Å². The van der Waals surface area contributed by atoms with Gasteiger partial charge in [0, 0.05) is 13.1 Å². The minimum Gasteiger partial charge on any atom is -0.481 e. The summed E-state index contributed by atoms with van der Waals surface area (Å²) in [7, 11) is -3.73. The molecule has 0 aromatic heterocycles. The number of hydrogen-bond acceptors (Lipinski definition) is 3. The van der Waals surface area contributed by atoms with E-state index in [1.807, 2.05) is 0 Å². The first-order valence-electron chi connectivity index (χ1n) is 5.47. The molecule has 2 rings (SSSR count). The Morgan fingerprint density at radius 1 is 1.47 bits per heavy atom. The number of hydrogen-bond donors (Lipinski definition) is 1. The van der Waals surface area contributed by atoms with E-state index in [9.17, 15) is 17.6 Å². The van der Waals surface area contributed by atoms with Crippen LogP contribution < -0.4 is 0 Å². The van der Waals surface area contributed by atoms with Gasteiger partial charge in [-0.2, -0.15) is 4.31 Å². The lowest BCUT2D eigenvalue weighted by Gasteiger charge is -2.37. The monoisotopic (exact) mass is 351 g/mol. The minimum atomic E-state index is -3.73. The molecule has 0 atom stereocenters. The second-order valence-electron chi connectivity index (χ2n) is 4.36. The molecular formula is C11H11BrFNO4S. The standard InChI is InChI=1S/C11H11BrFNO4S/c12-9-2-1-8(4-10(9)13)19(17,18)14-5-7(6-14)3-11(15)16/h1-2,4,7H,3,5-6H2,(H,15,16). The molecule has 0 saturated carbocycles. The fourth-order valence-electron chi connectivity index (χ4n) is 1.88. The van der Waals surface area contributed by atoms with Gasteiger partial charge >= 0.3 is 5.97 Å². The summed E-state index contributed by atoms with van der Waals surface area (Å²) in [6.07, 6.45) is -0.0548. The van der Waals surface area contributed by atoms with Gasteiger partial charge in [-0.05, 0) is 40.0 Å². The van der Waals surface area contributed by atoms with Gasteiger partial charge in [-0.15, -0.1) is 0 Å². The van der Waals surface area contributed by atoms with Crippen LogP contribution in [0.2, 0.25) is 0 Å². The Kier molecular flexibility index (Phi) is 3.93. The summed E-state index contributed by atoms with van der Waals surface area (Å²) in [6.45, 7) is 0.318.